The number of nitrogens with zero attached hydrogens (tertiary/aromatic N) is 1. The molecule has 0 spiro atoms. The van der Waals surface area contributed by atoms with Crippen LogP contribution in [0.25, 0.3) is 0 Å². The number of anilines is 1. The van der Waals surface area contributed by atoms with Crippen molar-refractivity contribution < 1.29 is 0 Å². The van der Waals surface area contributed by atoms with E-state index in [1.807, 2.05) is 0 Å². The molecular weight excluding hydrogens is 232 g/mol. The van der Waals surface area contributed by atoms with Gasteiger partial charge in [0.25, 0.3) is 0 Å². The Labute approximate surface area is 119 Å². The molecule has 0 bridgehead atoms. The van der Waals surface area contributed by atoms with E-state index in [4.69, 9.17) is 0 Å². The van der Waals surface area contributed by atoms with Crippen LogP contribution >= 0.6 is 0 Å². The van der Waals surface area contributed by atoms with Gasteiger partial charge in [-0.2, -0.15) is 0 Å². The van der Waals surface area contributed by atoms with Crippen molar-refractivity contribution in [1.82, 2.24) is 5.32 Å². The van der Waals surface area contributed by atoms with Gasteiger partial charge in [-0.15, -0.1) is 0 Å². The van der Waals surface area contributed by atoms with Crippen LogP contribution < -0.4 is 10.2 Å². The lowest BCUT2D eigenvalue weighted by Gasteiger charge is -2.30. The largest absolute Gasteiger partial charge is 0.369 e. The Morgan fingerprint density at radius 1 is 1.16 bits per heavy atom. The van der Waals surface area contributed by atoms with Crippen LogP contribution in [0.4, 0.5) is 5.69 Å². The monoisotopic (exact) mass is 262 g/mol. The van der Waals surface area contributed by atoms with Crippen molar-refractivity contribution in [1.29, 1.82) is 0 Å². The molecule has 1 N–H and O–H groups in total. The first kappa shape index (κ1) is 16.0. The van der Waals surface area contributed by atoms with Gasteiger partial charge in [0.1, 0.15) is 0 Å². The summed E-state index contributed by atoms with van der Waals surface area (Å²) in [5, 5.41) is 3.46. The van der Waals surface area contributed by atoms with Gasteiger partial charge in [0.15, 0.2) is 0 Å². The van der Waals surface area contributed by atoms with Gasteiger partial charge in [0.05, 0.1) is 0 Å². The van der Waals surface area contributed by atoms with Gasteiger partial charge in [-0.25, -0.2) is 0 Å². The van der Waals surface area contributed by atoms with E-state index in [2.05, 4.69) is 63.0 Å². The highest BCUT2D eigenvalue weighted by molar-refractivity contribution is 5.55. The third-order valence-corrected chi connectivity index (χ3v) is 3.41. The highest BCUT2D eigenvalue weighted by Gasteiger charge is 2.12. The Morgan fingerprint density at radius 2 is 1.89 bits per heavy atom. The molecular formula is C17H30N2. The minimum Gasteiger partial charge on any atom is -0.369 e. The first-order valence-electron chi connectivity index (χ1n) is 7.67. The molecule has 0 atom stereocenters. The van der Waals surface area contributed by atoms with E-state index in [0.29, 0.717) is 6.04 Å². The van der Waals surface area contributed by atoms with E-state index < -0.39 is 0 Å². The number of hydrogen-bond donors (Lipinski definition) is 1. The minimum atomic E-state index is 0.558. The Kier molecular flexibility index (Phi) is 6.93. The zero-order valence-electron chi connectivity index (χ0n) is 13.3. The maximum absolute atomic E-state index is 3.46. The average molecular weight is 262 g/mol. The Balaban J connectivity index is 2.80. The van der Waals surface area contributed by atoms with Crippen LogP contribution in [0.5, 0.6) is 0 Å². The van der Waals surface area contributed by atoms with E-state index in [9.17, 15) is 0 Å². The molecule has 19 heavy (non-hydrogen) atoms. The number of benzene rings is 1. The van der Waals surface area contributed by atoms with Crippen molar-refractivity contribution in [3.8, 4) is 0 Å². The summed E-state index contributed by atoms with van der Waals surface area (Å²) in [5.74, 6) is 0. The lowest BCUT2D eigenvalue weighted by atomic mass is 10.1. The molecule has 0 radical (unpaired) electrons. The maximum Gasteiger partial charge on any atom is 0.0398 e. The van der Waals surface area contributed by atoms with Crippen LogP contribution in [0.3, 0.4) is 0 Å². The second-order valence-corrected chi connectivity index (χ2v) is 5.58. The first-order valence-corrected chi connectivity index (χ1v) is 7.67. The summed E-state index contributed by atoms with van der Waals surface area (Å²) >= 11 is 0. The van der Waals surface area contributed by atoms with Crippen LogP contribution in [-0.2, 0) is 6.54 Å². The molecule has 1 aromatic carbocycles. The highest BCUT2D eigenvalue weighted by atomic mass is 15.1. The van der Waals surface area contributed by atoms with Crippen molar-refractivity contribution in [2.45, 2.75) is 60.0 Å². The predicted molar refractivity (Wildman–Crippen MR) is 85.9 cm³/mol. The van der Waals surface area contributed by atoms with Crippen LogP contribution in [-0.4, -0.2) is 19.1 Å². The third-order valence-electron chi connectivity index (χ3n) is 3.41. The molecule has 0 unspecified atom stereocenters. The number of hydrogen-bond acceptors (Lipinski definition) is 2. The molecule has 0 saturated heterocycles. The number of aryl methyl sites for hydroxylation is 1. The standard InChI is InChI=1S/C17H30N2/c1-6-10-18-13-16-8-9-17(15(5)12-16)19(11-7-2)14(3)4/h8-9,12,14,18H,6-7,10-11,13H2,1-5H3. The molecule has 1 aromatic rings. The van der Waals surface area contributed by atoms with Crippen LogP contribution in [0.15, 0.2) is 18.2 Å². The summed E-state index contributed by atoms with van der Waals surface area (Å²) in [7, 11) is 0. The maximum atomic E-state index is 3.46. The Hall–Kier alpha value is -1.02. The van der Waals surface area contributed by atoms with Crippen molar-refractivity contribution in [2.75, 3.05) is 18.0 Å². The molecule has 108 valence electrons. The SMILES string of the molecule is CCCNCc1ccc(N(CCC)C(C)C)c(C)c1. The molecule has 0 saturated carbocycles. The number of rotatable bonds is 8. The molecule has 0 fully saturated rings. The molecule has 0 aliphatic carbocycles. The van der Waals surface area contributed by atoms with Crippen LogP contribution in [0, 0.1) is 6.92 Å². The summed E-state index contributed by atoms with van der Waals surface area (Å²) in [5.41, 5.74) is 4.16. The fourth-order valence-corrected chi connectivity index (χ4v) is 2.46. The summed E-state index contributed by atoms with van der Waals surface area (Å²) in [4.78, 5) is 2.50. The van der Waals surface area contributed by atoms with Gasteiger partial charge in [-0.05, 0) is 57.4 Å². The molecule has 2 nitrogen and oxygen atoms in total. The first-order chi connectivity index (χ1) is 9.10. The zero-order chi connectivity index (χ0) is 14.3. The van der Waals surface area contributed by atoms with Crippen LogP contribution in [0.2, 0.25) is 0 Å². The average Bonchev–Trinajstić information content (AvgIpc) is 2.37. The number of nitrogens with one attached hydrogen (secondary N) is 1. The molecule has 0 aliphatic heterocycles. The predicted octanol–water partition coefficient (Wildman–Crippen LogP) is 4.12. The lowest BCUT2D eigenvalue weighted by Crippen LogP contribution is -2.32. The summed E-state index contributed by atoms with van der Waals surface area (Å²) in [6.07, 6.45) is 2.38. The molecule has 0 heterocycles. The second-order valence-electron chi connectivity index (χ2n) is 5.58. The third kappa shape index (κ3) is 4.87. The van der Waals surface area contributed by atoms with Gasteiger partial charge in [0, 0.05) is 24.8 Å². The molecule has 2 heteroatoms. The highest BCUT2D eigenvalue weighted by Crippen LogP contribution is 2.23. The molecule has 0 amide bonds. The topological polar surface area (TPSA) is 15.3 Å². The van der Waals surface area contributed by atoms with Gasteiger partial charge in [-0.1, -0.05) is 26.0 Å². The van der Waals surface area contributed by atoms with Crippen molar-refractivity contribution in [3.63, 3.8) is 0 Å². The van der Waals surface area contributed by atoms with E-state index >= 15 is 0 Å². The van der Waals surface area contributed by atoms with E-state index in [0.717, 1.165) is 19.6 Å². The van der Waals surface area contributed by atoms with Gasteiger partial charge in [0.2, 0.25) is 0 Å². The molecule has 0 aromatic heterocycles. The quantitative estimate of drug-likeness (QED) is 0.709. The van der Waals surface area contributed by atoms with Crippen molar-refractivity contribution in [2.24, 2.45) is 0 Å². The summed E-state index contributed by atoms with van der Waals surface area (Å²) in [6.45, 7) is 14.4. The van der Waals surface area contributed by atoms with Gasteiger partial charge >= 0.3 is 0 Å². The van der Waals surface area contributed by atoms with Crippen LogP contribution in [0.1, 0.15) is 51.7 Å². The van der Waals surface area contributed by atoms with Crippen molar-refractivity contribution in [3.05, 3.63) is 29.3 Å². The van der Waals surface area contributed by atoms with E-state index in [-0.39, 0.29) is 0 Å². The lowest BCUT2D eigenvalue weighted by molar-refractivity contribution is 0.665. The van der Waals surface area contributed by atoms with Crippen molar-refractivity contribution >= 4 is 5.69 Å². The van der Waals surface area contributed by atoms with Gasteiger partial charge < -0.3 is 10.2 Å². The van der Waals surface area contributed by atoms with E-state index in [1.54, 1.807) is 0 Å². The summed E-state index contributed by atoms with van der Waals surface area (Å²) < 4.78 is 0. The smallest absolute Gasteiger partial charge is 0.0398 e. The summed E-state index contributed by atoms with van der Waals surface area (Å²) in [6, 6.07) is 7.43. The fraction of sp³-hybridized carbons (Fsp3) is 0.647. The molecule has 0 aliphatic rings. The second kappa shape index (κ2) is 8.21. The van der Waals surface area contributed by atoms with Gasteiger partial charge in [-0.3, -0.25) is 0 Å². The Morgan fingerprint density at radius 3 is 2.42 bits per heavy atom. The Bertz CT molecular complexity index is 372. The minimum absolute atomic E-state index is 0.558. The molecule has 1 rings (SSSR count). The zero-order valence-corrected chi connectivity index (χ0v) is 13.3. The fourth-order valence-electron chi connectivity index (χ4n) is 2.46. The van der Waals surface area contributed by atoms with E-state index in [1.165, 1.54) is 29.7 Å². The normalized spacial score (nSPS) is 11.1.